The van der Waals surface area contributed by atoms with Crippen molar-refractivity contribution >= 4 is 23.9 Å². The number of amides is 3. The number of hydrogen-bond acceptors (Lipinski definition) is 4. The van der Waals surface area contributed by atoms with Crippen LogP contribution in [0.5, 0.6) is 0 Å². The van der Waals surface area contributed by atoms with E-state index in [0.717, 1.165) is 17.7 Å². The monoisotopic (exact) mass is 582 g/mol. The Morgan fingerprint density at radius 3 is 2.32 bits per heavy atom. The van der Waals surface area contributed by atoms with E-state index in [-0.39, 0.29) is 29.6 Å². The average Bonchev–Trinajstić information content (AvgIpc) is 3.23. The molecule has 4 rings (SSSR count). The number of anilines is 1. The van der Waals surface area contributed by atoms with Crippen LogP contribution >= 0.6 is 0 Å². The van der Waals surface area contributed by atoms with Crippen LogP contribution < -0.4 is 16.0 Å². The number of carbonyl (C=O) groups is 3. The van der Waals surface area contributed by atoms with E-state index in [4.69, 9.17) is 0 Å². The second kappa shape index (κ2) is 14.4. The lowest BCUT2D eigenvalue weighted by atomic mass is 9.96. The molecule has 8 nitrogen and oxygen atoms in total. The minimum absolute atomic E-state index is 0.0623. The molecule has 13 heteroatoms. The zero-order valence-corrected chi connectivity index (χ0v) is 23.1. The molecule has 0 bridgehead atoms. The predicted molar refractivity (Wildman–Crippen MR) is 142 cm³/mol. The molecule has 1 aliphatic rings. The van der Waals surface area contributed by atoms with Gasteiger partial charge < -0.3 is 25.3 Å². The predicted octanol–water partition coefficient (Wildman–Crippen LogP) is 4.89. The van der Waals surface area contributed by atoms with Gasteiger partial charge in [0.1, 0.15) is 23.9 Å². The number of alkyl halides is 3. The molecule has 3 aromatic rings. The number of halogens is 5. The molecule has 3 N–H and O–H groups in total. The third kappa shape index (κ3) is 8.61. The van der Waals surface area contributed by atoms with Gasteiger partial charge in [-0.25, -0.2) is 8.78 Å². The highest BCUT2D eigenvalue weighted by molar-refractivity contribution is 5.96. The molecule has 2 aromatic carbocycles. The molecule has 1 atom stereocenters. The number of methoxy groups -OCH3 is 1. The van der Waals surface area contributed by atoms with Crippen molar-refractivity contribution in [3.8, 4) is 0 Å². The van der Waals surface area contributed by atoms with Crippen LogP contribution in [0.2, 0.25) is 0 Å². The molecular formula is C28H31F5N4O4. The van der Waals surface area contributed by atoms with E-state index < -0.39 is 29.4 Å². The Kier molecular flexibility index (Phi) is 11.6. The number of nitrogens with one attached hydrogen (secondary N) is 3. The van der Waals surface area contributed by atoms with E-state index in [1.807, 2.05) is 0 Å². The van der Waals surface area contributed by atoms with Crippen LogP contribution in [-0.4, -0.2) is 43.6 Å². The van der Waals surface area contributed by atoms with Gasteiger partial charge in [-0.3, -0.25) is 14.4 Å². The fourth-order valence-electron chi connectivity index (χ4n) is 4.13. The van der Waals surface area contributed by atoms with Crippen molar-refractivity contribution in [2.75, 3.05) is 26.1 Å². The first-order valence-corrected chi connectivity index (χ1v) is 12.3. The van der Waals surface area contributed by atoms with Crippen LogP contribution in [0.3, 0.4) is 0 Å². The molecule has 3 amide bonds. The average molecular weight is 583 g/mol. The quantitative estimate of drug-likeness (QED) is 0.295. The molecule has 1 aliphatic heterocycles. The van der Waals surface area contributed by atoms with Crippen molar-refractivity contribution in [3.05, 3.63) is 87.7 Å². The first-order valence-electron chi connectivity index (χ1n) is 12.3. The molecule has 0 saturated heterocycles. The summed E-state index contributed by atoms with van der Waals surface area (Å²) in [6, 6.07) is 7.59. The first kappa shape index (κ1) is 32.9. The van der Waals surface area contributed by atoms with E-state index in [1.165, 1.54) is 25.1 Å². The van der Waals surface area contributed by atoms with Crippen LogP contribution in [-0.2, 0) is 27.0 Å². The largest absolute Gasteiger partial charge is 0.416 e. The number of fused-ring (bicyclic) bond motifs is 1. The zero-order chi connectivity index (χ0) is 30.9. The van der Waals surface area contributed by atoms with Crippen LogP contribution in [0, 0.1) is 25.5 Å². The third-order valence-corrected chi connectivity index (χ3v) is 5.73. The van der Waals surface area contributed by atoms with Gasteiger partial charge in [-0.05, 0) is 73.9 Å². The number of benzene rings is 2. The highest BCUT2D eigenvalue weighted by Crippen LogP contribution is 2.36. The summed E-state index contributed by atoms with van der Waals surface area (Å²) in [5.74, 6) is -1.94. The Labute approximate surface area is 233 Å². The smallest absolute Gasteiger partial charge is 0.388 e. The number of aromatic nitrogens is 1. The second-order valence-corrected chi connectivity index (χ2v) is 8.96. The summed E-state index contributed by atoms with van der Waals surface area (Å²) in [5, 5.41) is 8.09. The van der Waals surface area contributed by atoms with Crippen molar-refractivity contribution in [3.63, 3.8) is 0 Å². The molecule has 0 spiro atoms. The van der Waals surface area contributed by atoms with Gasteiger partial charge in [-0.2, -0.15) is 13.2 Å². The lowest BCUT2D eigenvalue weighted by molar-refractivity contribution is -0.137. The van der Waals surface area contributed by atoms with Crippen LogP contribution in [0.25, 0.3) is 0 Å². The fourth-order valence-corrected chi connectivity index (χ4v) is 4.13. The Hall–Kier alpha value is -4.26. The van der Waals surface area contributed by atoms with Crippen molar-refractivity contribution in [2.24, 2.45) is 0 Å². The minimum atomic E-state index is -4.47. The molecule has 1 aromatic heterocycles. The van der Waals surface area contributed by atoms with Crippen molar-refractivity contribution in [1.29, 1.82) is 0 Å². The normalized spacial score (nSPS) is 13.9. The highest BCUT2D eigenvalue weighted by Gasteiger charge is 2.34. The van der Waals surface area contributed by atoms with E-state index in [0.29, 0.717) is 36.0 Å². The lowest BCUT2D eigenvalue weighted by Gasteiger charge is -2.29. The molecule has 41 heavy (non-hydrogen) atoms. The summed E-state index contributed by atoms with van der Waals surface area (Å²) in [6.45, 7) is 5.37. The van der Waals surface area contributed by atoms with Gasteiger partial charge in [-0.1, -0.05) is 6.07 Å². The Morgan fingerprint density at radius 2 is 1.76 bits per heavy atom. The molecular weight excluding hydrogens is 551 g/mol. The summed E-state index contributed by atoms with van der Waals surface area (Å²) in [7, 11) is 3.25. The summed E-state index contributed by atoms with van der Waals surface area (Å²) in [4.78, 5) is 35.6. The number of aryl methyl sites for hydroxylation is 2. The maximum Gasteiger partial charge on any atom is 0.416 e. The summed E-state index contributed by atoms with van der Waals surface area (Å²) >= 11 is 0. The van der Waals surface area contributed by atoms with E-state index in [1.54, 1.807) is 38.7 Å². The molecule has 222 valence electrons. The number of ether oxygens (including phenoxy) is 1. The summed E-state index contributed by atoms with van der Waals surface area (Å²) in [5.41, 5.74) is 1.86. The molecule has 0 saturated carbocycles. The first-order chi connectivity index (χ1) is 19.3. The van der Waals surface area contributed by atoms with Gasteiger partial charge in [0.15, 0.2) is 0 Å². The van der Waals surface area contributed by atoms with Crippen molar-refractivity contribution in [2.45, 2.75) is 39.5 Å². The van der Waals surface area contributed by atoms with Crippen molar-refractivity contribution < 1.29 is 41.1 Å². The Morgan fingerprint density at radius 1 is 1.10 bits per heavy atom. The molecule has 2 heterocycles. The lowest BCUT2D eigenvalue weighted by Crippen LogP contribution is -2.41. The fraction of sp³-hybridized carbons (Fsp3) is 0.321. The maximum atomic E-state index is 13.8. The van der Waals surface area contributed by atoms with Gasteiger partial charge in [0.2, 0.25) is 12.3 Å². The second-order valence-electron chi connectivity index (χ2n) is 8.96. The van der Waals surface area contributed by atoms with E-state index in [9.17, 15) is 36.3 Å². The maximum absolute atomic E-state index is 13.8. The SMILES string of the molecule is CCNC(=O)c1cc(NC=O)c2n1CC(=O)NC2c1cc(F)ccc1C.COC.Cc1cc(F)cc(C(F)(F)F)c1. The number of rotatable bonds is 5. The standard InChI is InChI=1S/C18H19FN4O3.C8H6F4.C2H6O/c1-3-20-18(26)14-7-13(21-9-24)17-16(22-15(25)8-23(14)17)12-6-11(19)5-4-10(12)2;1-5-2-6(8(10,11)12)4-7(9)3-5;1-3-2/h4-7,9,16H,3,8H2,1-2H3,(H,20,26)(H,21,24)(H,22,25);2-4H,1H3;1-2H3. The van der Waals surface area contributed by atoms with Crippen LogP contribution in [0.4, 0.5) is 27.6 Å². The molecule has 0 radical (unpaired) electrons. The third-order valence-electron chi connectivity index (χ3n) is 5.73. The summed E-state index contributed by atoms with van der Waals surface area (Å²) in [6.07, 6.45) is -3.96. The van der Waals surface area contributed by atoms with Gasteiger partial charge in [-0.15, -0.1) is 0 Å². The molecule has 0 fully saturated rings. The van der Waals surface area contributed by atoms with Crippen molar-refractivity contribution in [1.82, 2.24) is 15.2 Å². The Bertz CT molecular complexity index is 1370. The topological polar surface area (TPSA) is 101 Å². The number of hydrogen-bond donors (Lipinski definition) is 3. The summed E-state index contributed by atoms with van der Waals surface area (Å²) < 4.78 is 68.0. The minimum Gasteiger partial charge on any atom is -0.388 e. The zero-order valence-electron chi connectivity index (χ0n) is 23.1. The van der Waals surface area contributed by atoms with E-state index in [2.05, 4.69) is 20.7 Å². The van der Waals surface area contributed by atoms with Crippen LogP contribution in [0.15, 0.2) is 42.5 Å². The van der Waals surface area contributed by atoms with Gasteiger partial charge in [0.25, 0.3) is 5.91 Å². The van der Waals surface area contributed by atoms with Crippen LogP contribution in [0.1, 0.15) is 51.4 Å². The molecule has 1 unspecified atom stereocenters. The van der Waals surface area contributed by atoms with E-state index >= 15 is 0 Å². The number of nitrogens with zero attached hydrogens (tertiary/aromatic N) is 1. The van der Waals surface area contributed by atoms with Gasteiger partial charge >= 0.3 is 6.18 Å². The van der Waals surface area contributed by atoms with Gasteiger partial charge in [0.05, 0.1) is 23.0 Å². The van der Waals surface area contributed by atoms with Gasteiger partial charge in [0, 0.05) is 20.8 Å². The highest BCUT2D eigenvalue weighted by atomic mass is 19.4. The Balaban J connectivity index is 0.000000327. The molecule has 0 aliphatic carbocycles. The number of carbonyl (C=O) groups excluding carboxylic acids is 3.